The van der Waals surface area contributed by atoms with E-state index < -0.39 is 12.1 Å². The Kier molecular flexibility index (Phi) is 6.62. The maximum atomic E-state index is 12.8. The number of carbonyl (C=O) groups is 2. The van der Waals surface area contributed by atoms with Crippen LogP contribution in [0.25, 0.3) is 10.4 Å². The number of nitrogens with one attached hydrogen (secondary N) is 1. The van der Waals surface area contributed by atoms with Crippen molar-refractivity contribution in [1.82, 2.24) is 15.2 Å². The average Bonchev–Trinajstić information content (AvgIpc) is 3.24. The lowest BCUT2D eigenvalue weighted by Gasteiger charge is -2.27. The van der Waals surface area contributed by atoms with Gasteiger partial charge in [0.2, 0.25) is 11.8 Å². The Morgan fingerprint density at radius 3 is 2.63 bits per heavy atom. The highest BCUT2D eigenvalue weighted by molar-refractivity contribution is 7.13. The molecule has 162 valence electrons. The molecule has 0 radical (unpaired) electrons. The predicted octanol–water partition coefficient (Wildman–Crippen LogP) is 3.44. The van der Waals surface area contributed by atoms with Crippen LogP contribution in [0.5, 0.6) is 0 Å². The van der Waals surface area contributed by atoms with Crippen molar-refractivity contribution in [3.05, 3.63) is 40.5 Å². The highest BCUT2D eigenvalue weighted by atomic mass is 32.1. The van der Waals surface area contributed by atoms with Gasteiger partial charge in [-0.2, -0.15) is 0 Å². The summed E-state index contributed by atoms with van der Waals surface area (Å²) in [5.41, 5.74) is 5.94. The molecule has 1 aromatic carbocycles. The van der Waals surface area contributed by atoms with Gasteiger partial charge in [-0.15, -0.1) is 11.3 Å². The molecule has 6 nitrogen and oxygen atoms in total. The van der Waals surface area contributed by atoms with Crippen molar-refractivity contribution in [2.75, 3.05) is 6.54 Å². The van der Waals surface area contributed by atoms with Crippen molar-refractivity contribution >= 4 is 23.2 Å². The number of β-amino-alcohol motifs (C(OH)–C–C–N with tert-alkyl or cyclic N) is 1. The summed E-state index contributed by atoms with van der Waals surface area (Å²) in [6.07, 6.45) is -0.0286. The van der Waals surface area contributed by atoms with E-state index in [1.165, 1.54) is 4.90 Å². The molecule has 0 unspecified atom stereocenters. The van der Waals surface area contributed by atoms with Crippen LogP contribution in [-0.4, -0.2) is 45.5 Å². The fourth-order valence-electron chi connectivity index (χ4n) is 3.81. The molecule has 30 heavy (non-hydrogen) atoms. The lowest BCUT2D eigenvalue weighted by atomic mass is 9.91. The van der Waals surface area contributed by atoms with Gasteiger partial charge < -0.3 is 15.3 Å². The molecule has 0 bridgehead atoms. The van der Waals surface area contributed by atoms with Crippen LogP contribution in [0.1, 0.15) is 50.4 Å². The standard InChI is InChI=1S/C23H31N3O3S/c1-14-8-16(21-15(2)25-13-30-21)6-7-17(14)11-24-22(29)19-9-18(27)12-26(19)20(28)10-23(3,4)5/h6-8,13,18-19,27H,9-12H2,1-5H3,(H,24,29)/t18-,19+/m1/s1. The number of aliphatic hydroxyl groups is 1. The summed E-state index contributed by atoms with van der Waals surface area (Å²) in [5.74, 6) is -0.296. The summed E-state index contributed by atoms with van der Waals surface area (Å²) in [5, 5.41) is 13.0. The Balaban J connectivity index is 1.65. The quantitative estimate of drug-likeness (QED) is 0.763. The third kappa shape index (κ3) is 5.26. The first-order valence-electron chi connectivity index (χ1n) is 10.3. The Labute approximate surface area is 182 Å². The lowest BCUT2D eigenvalue weighted by Crippen LogP contribution is -2.46. The zero-order valence-corrected chi connectivity index (χ0v) is 19.2. The van der Waals surface area contributed by atoms with Gasteiger partial charge in [-0.05, 0) is 36.0 Å². The number of hydrogen-bond acceptors (Lipinski definition) is 5. The Hall–Kier alpha value is -2.25. The molecule has 1 aliphatic heterocycles. The van der Waals surface area contributed by atoms with Crippen molar-refractivity contribution < 1.29 is 14.7 Å². The van der Waals surface area contributed by atoms with Crippen molar-refractivity contribution in [3.8, 4) is 10.4 Å². The molecule has 2 heterocycles. The van der Waals surface area contributed by atoms with E-state index in [1.54, 1.807) is 11.3 Å². The average molecular weight is 430 g/mol. The molecule has 1 aromatic heterocycles. The summed E-state index contributed by atoms with van der Waals surface area (Å²) in [6, 6.07) is 5.57. The highest BCUT2D eigenvalue weighted by Gasteiger charge is 2.39. The largest absolute Gasteiger partial charge is 0.391 e. The number of carbonyl (C=O) groups excluding carboxylic acids is 2. The number of nitrogens with zero attached hydrogens (tertiary/aromatic N) is 2. The molecule has 2 N–H and O–H groups in total. The van der Waals surface area contributed by atoms with E-state index in [0.717, 1.165) is 27.3 Å². The van der Waals surface area contributed by atoms with Crippen LogP contribution < -0.4 is 5.32 Å². The van der Waals surface area contributed by atoms with E-state index in [2.05, 4.69) is 16.4 Å². The zero-order chi connectivity index (χ0) is 22.1. The van der Waals surface area contributed by atoms with E-state index in [9.17, 15) is 14.7 Å². The van der Waals surface area contributed by atoms with E-state index in [4.69, 9.17) is 0 Å². The van der Waals surface area contributed by atoms with Gasteiger partial charge in [-0.25, -0.2) is 4.98 Å². The normalized spacial score (nSPS) is 19.2. The maximum Gasteiger partial charge on any atom is 0.243 e. The van der Waals surface area contributed by atoms with E-state index in [-0.39, 0.29) is 30.2 Å². The number of aromatic nitrogens is 1. The van der Waals surface area contributed by atoms with Gasteiger partial charge in [0.25, 0.3) is 0 Å². The first kappa shape index (κ1) is 22.4. The number of hydrogen-bond donors (Lipinski definition) is 2. The predicted molar refractivity (Wildman–Crippen MR) is 119 cm³/mol. The van der Waals surface area contributed by atoms with Gasteiger partial charge in [-0.1, -0.05) is 39.0 Å². The van der Waals surface area contributed by atoms with Crippen LogP contribution in [0.2, 0.25) is 0 Å². The number of aliphatic hydroxyl groups excluding tert-OH is 1. The zero-order valence-electron chi connectivity index (χ0n) is 18.4. The Morgan fingerprint density at radius 1 is 1.30 bits per heavy atom. The van der Waals surface area contributed by atoms with E-state index in [0.29, 0.717) is 13.0 Å². The Morgan fingerprint density at radius 2 is 2.03 bits per heavy atom. The highest BCUT2D eigenvalue weighted by Crippen LogP contribution is 2.29. The summed E-state index contributed by atoms with van der Waals surface area (Å²) in [6.45, 7) is 10.6. The van der Waals surface area contributed by atoms with Crippen molar-refractivity contribution in [2.45, 2.75) is 66.2 Å². The fraction of sp³-hybridized carbons (Fsp3) is 0.522. The van der Waals surface area contributed by atoms with Crippen molar-refractivity contribution in [3.63, 3.8) is 0 Å². The first-order valence-corrected chi connectivity index (χ1v) is 11.2. The van der Waals surface area contributed by atoms with Gasteiger partial charge in [-0.3, -0.25) is 9.59 Å². The molecular weight excluding hydrogens is 398 g/mol. The fourth-order valence-corrected chi connectivity index (χ4v) is 4.61. The molecule has 7 heteroatoms. The van der Waals surface area contributed by atoms with Crippen molar-refractivity contribution in [1.29, 1.82) is 0 Å². The Bertz CT molecular complexity index is 932. The molecule has 2 aromatic rings. The monoisotopic (exact) mass is 429 g/mol. The SMILES string of the molecule is Cc1cc(-c2scnc2C)ccc1CNC(=O)[C@@H]1C[C@@H](O)CN1C(=O)CC(C)(C)C. The molecule has 0 saturated carbocycles. The van der Waals surface area contributed by atoms with Gasteiger partial charge in [0.15, 0.2) is 0 Å². The molecule has 0 spiro atoms. The van der Waals surface area contributed by atoms with Crippen LogP contribution in [0, 0.1) is 19.3 Å². The van der Waals surface area contributed by atoms with Crippen LogP contribution >= 0.6 is 11.3 Å². The molecule has 2 atom stereocenters. The molecular formula is C23H31N3O3S. The topological polar surface area (TPSA) is 82.5 Å². The molecule has 2 amide bonds. The van der Waals surface area contributed by atoms with Crippen LogP contribution in [0.15, 0.2) is 23.7 Å². The summed E-state index contributed by atoms with van der Waals surface area (Å²) >= 11 is 1.62. The van der Waals surface area contributed by atoms with Crippen LogP contribution in [0.3, 0.4) is 0 Å². The van der Waals surface area contributed by atoms with Crippen LogP contribution in [0.4, 0.5) is 0 Å². The van der Waals surface area contributed by atoms with E-state index in [1.807, 2.05) is 52.3 Å². The number of benzene rings is 1. The number of rotatable bonds is 5. The second kappa shape index (κ2) is 8.86. The first-order chi connectivity index (χ1) is 14.0. The molecule has 1 aliphatic rings. The van der Waals surface area contributed by atoms with E-state index >= 15 is 0 Å². The number of thiazole rings is 1. The second-order valence-corrected chi connectivity index (χ2v) is 10.2. The smallest absolute Gasteiger partial charge is 0.243 e. The summed E-state index contributed by atoms with van der Waals surface area (Å²) in [4.78, 5) is 32.5. The molecule has 1 fully saturated rings. The minimum Gasteiger partial charge on any atom is -0.391 e. The third-order valence-corrected chi connectivity index (χ3v) is 6.36. The number of aryl methyl sites for hydroxylation is 2. The van der Waals surface area contributed by atoms with Crippen molar-refractivity contribution in [2.24, 2.45) is 5.41 Å². The van der Waals surface area contributed by atoms with Gasteiger partial charge in [0, 0.05) is 25.9 Å². The minimum atomic E-state index is -0.659. The van der Waals surface area contributed by atoms with Crippen LogP contribution in [-0.2, 0) is 16.1 Å². The molecule has 0 aliphatic carbocycles. The third-order valence-electron chi connectivity index (χ3n) is 5.39. The number of amides is 2. The molecule has 3 rings (SSSR count). The summed E-state index contributed by atoms with van der Waals surface area (Å²) in [7, 11) is 0. The summed E-state index contributed by atoms with van der Waals surface area (Å²) < 4.78 is 0. The second-order valence-electron chi connectivity index (χ2n) is 9.31. The number of likely N-dealkylation sites (tertiary alicyclic amines) is 1. The lowest BCUT2D eigenvalue weighted by molar-refractivity contribution is -0.140. The van der Waals surface area contributed by atoms with Gasteiger partial charge >= 0.3 is 0 Å². The molecule has 1 saturated heterocycles. The maximum absolute atomic E-state index is 12.8. The van der Waals surface area contributed by atoms with Gasteiger partial charge in [0.1, 0.15) is 6.04 Å². The minimum absolute atomic E-state index is 0.0836. The van der Waals surface area contributed by atoms with Gasteiger partial charge in [0.05, 0.1) is 22.2 Å².